The van der Waals surface area contributed by atoms with Crippen molar-refractivity contribution in [2.24, 2.45) is 5.41 Å². The number of hydrogen-bond acceptors (Lipinski definition) is 2. The number of ether oxygens (including phenoxy) is 1. The SMILES string of the molecule is CCCNC(c1ccc2c(c1)CC(C)O2)C(C)(C)CC. The topological polar surface area (TPSA) is 21.3 Å². The summed E-state index contributed by atoms with van der Waals surface area (Å²) in [5.74, 6) is 1.07. The molecule has 1 aromatic rings. The molecule has 0 amide bonds. The maximum atomic E-state index is 5.81. The summed E-state index contributed by atoms with van der Waals surface area (Å²) in [6.07, 6.45) is 3.69. The summed E-state index contributed by atoms with van der Waals surface area (Å²) in [7, 11) is 0. The van der Waals surface area contributed by atoms with Gasteiger partial charge in [0.05, 0.1) is 0 Å². The van der Waals surface area contributed by atoms with Crippen molar-refractivity contribution < 1.29 is 4.74 Å². The molecule has 2 nitrogen and oxygen atoms in total. The zero-order chi connectivity index (χ0) is 14.8. The van der Waals surface area contributed by atoms with Crippen molar-refractivity contribution in [1.82, 2.24) is 5.32 Å². The average Bonchev–Trinajstić information content (AvgIpc) is 2.78. The third-order valence-corrected chi connectivity index (χ3v) is 4.54. The minimum absolute atomic E-state index is 0.258. The Morgan fingerprint density at radius 1 is 1.35 bits per heavy atom. The molecule has 1 aromatic carbocycles. The highest BCUT2D eigenvalue weighted by atomic mass is 16.5. The summed E-state index contributed by atoms with van der Waals surface area (Å²) in [6, 6.07) is 7.15. The van der Waals surface area contributed by atoms with E-state index >= 15 is 0 Å². The summed E-state index contributed by atoms with van der Waals surface area (Å²) < 4.78 is 5.81. The molecule has 1 N–H and O–H groups in total. The summed E-state index contributed by atoms with van der Waals surface area (Å²) in [5, 5.41) is 3.74. The molecule has 1 aliphatic heterocycles. The molecule has 2 atom stereocenters. The van der Waals surface area contributed by atoms with Crippen LogP contribution in [0.3, 0.4) is 0 Å². The second-order valence-electron chi connectivity index (χ2n) is 6.73. The molecule has 1 heterocycles. The Bertz CT molecular complexity index is 453. The highest BCUT2D eigenvalue weighted by Gasteiger charge is 2.30. The van der Waals surface area contributed by atoms with E-state index in [2.05, 4.69) is 58.1 Å². The van der Waals surface area contributed by atoms with Gasteiger partial charge in [0.1, 0.15) is 11.9 Å². The van der Waals surface area contributed by atoms with Crippen molar-refractivity contribution in [1.29, 1.82) is 0 Å². The fourth-order valence-corrected chi connectivity index (χ4v) is 2.96. The lowest BCUT2D eigenvalue weighted by Crippen LogP contribution is -2.34. The van der Waals surface area contributed by atoms with E-state index < -0.39 is 0 Å². The standard InChI is InChI=1S/C18H29NO/c1-6-10-19-17(18(4,5)7-2)14-8-9-16-15(12-14)11-13(3)20-16/h8-9,12-13,17,19H,6-7,10-11H2,1-5H3. The molecule has 20 heavy (non-hydrogen) atoms. The van der Waals surface area contributed by atoms with Crippen molar-refractivity contribution in [2.45, 2.75) is 66.0 Å². The van der Waals surface area contributed by atoms with Crippen LogP contribution in [0.4, 0.5) is 0 Å². The lowest BCUT2D eigenvalue weighted by Gasteiger charge is -2.35. The van der Waals surface area contributed by atoms with E-state index in [1.807, 2.05) is 0 Å². The number of nitrogens with one attached hydrogen (secondary N) is 1. The molecule has 0 spiro atoms. The average molecular weight is 275 g/mol. The molecule has 0 saturated heterocycles. The highest BCUT2D eigenvalue weighted by Crippen LogP contribution is 2.39. The molecule has 2 unspecified atom stereocenters. The van der Waals surface area contributed by atoms with Crippen molar-refractivity contribution >= 4 is 0 Å². The Morgan fingerprint density at radius 2 is 2.10 bits per heavy atom. The van der Waals surface area contributed by atoms with Gasteiger partial charge in [0.25, 0.3) is 0 Å². The summed E-state index contributed by atoms with van der Waals surface area (Å²) in [6.45, 7) is 12.4. The number of benzene rings is 1. The second kappa shape index (κ2) is 6.17. The Balaban J connectivity index is 2.27. The predicted octanol–water partition coefficient (Wildman–Crippen LogP) is 4.49. The quantitative estimate of drug-likeness (QED) is 0.826. The van der Waals surface area contributed by atoms with E-state index in [4.69, 9.17) is 4.74 Å². The molecule has 0 fully saturated rings. The van der Waals surface area contributed by atoms with Gasteiger partial charge in [-0.15, -0.1) is 0 Å². The Labute approximate surface area is 123 Å². The molecule has 0 aliphatic carbocycles. The van der Waals surface area contributed by atoms with Crippen LogP contribution in [0, 0.1) is 5.41 Å². The molecule has 1 aliphatic rings. The fraction of sp³-hybridized carbons (Fsp3) is 0.667. The molecule has 0 saturated carbocycles. The van der Waals surface area contributed by atoms with Crippen molar-refractivity contribution in [2.75, 3.05) is 6.54 Å². The number of rotatable bonds is 6. The van der Waals surface area contributed by atoms with Gasteiger partial charge >= 0.3 is 0 Å². The maximum Gasteiger partial charge on any atom is 0.123 e. The minimum Gasteiger partial charge on any atom is -0.490 e. The van der Waals surface area contributed by atoms with Crippen LogP contribution in [0.1, 0.15) is 64.6 Å². The molecule has 0 radical (unpaired) electrons. The van der Waals surface area contributed by atoms with E-state index in [1.165, 1.54) is 24.0 Å². The van der Waals surface area contributed by atoms with Gasteiger partial charge in [0.2, 0.25) is 0 Å². The van der Waals surface area contributed by atoms with Gasteiger partial charge in [-0.05, 0) is 48.9 Å². The van der Waals surface area contributed by atoms with Gasteiger partial charge in [-0.2, -0.15) is 0 Å². The van der Waals surface area contributed by atoms with Gasteiger partial charge in [-0.3, -0.25) is 0 Å². The van der Waals surface area contributed by atoms with Crippen LogP contribution in [0.15, 0.2) is 18.2 Å². The maximum absolute atomic E-state index is 5.81. The Morgan fingerprint density at radius 3 is 2.75 bits per heavy atom. The summed E-state index contributed by atoms with van der Waals surface area (Å²) in [4.78, 5) is 0. The normalized spacial score (nSPS) is 19.6. The van der Waals surface area contributed by atoms with Gasteiger partial charge in [-0.25, -0.2) is 0 Å². The molecule has 2 heteroatoms. The molecular formula is C18H29NO. The van der Waals surface area contributed by atoms with Gasteiger partial charge in [0.15, 0.2) is 0 Å². The van der Waals surface area contributed by atoms with Crippen LogP contribution in [0.25, 0.3) is 0 Å². The highest BCUT2D eigenvalue weighted by molar-refractivity contribution is 5.42. The fourth-order valence-electron chi connectivity index (χ4n) is 2.96. The van der Waals surface area contributed by atoms with E-state index in [9.17, 15) is 0 Å². The van der Waals surface area contributed by atoms with E-state index in [0.717, 1.165) is 18.7 Å². The first-order valence-electron chi connectivity index (χ1n) is 8.00. The molecular weight excluding hydrogens is 246 g/mol. The van der Waals surface area contributed by atoms with Crippen molar-refractivity contribution in [3.8, 4) is 5.75 Å². The zero-order valence-electron chi connectivity index (χ0n) is 13.6. The van der Waals surface area contributed by atoms with Crippen LogP contribution in [0.2, 0.25) is 0 Å². The van der Waals surface area contributed by atoms with Crippen molar-refractivity contribution in [3.63, 3.8) is 0 Å². The third kappa shape index (κ3) is 3.17. The van der Waals surface area contributed by atoms with Crippen LogP contribution >= 0.6 is 0 Å². The summed E-state index contributed by atoms with van der Waals surface area (Å²) in [5.41, 5.74) is 3.03. The largest absolute Gasteiger partial charge is 0.490 e. The molecule has 2 rings (SSSR count). The van der Waals surface area contributed by atoms with Crippen LogP contribution < -0.4 is 10.1 Å². The van der Waals surface area contributed by atoms with Crippen LogP contribution in [0.5, 0.6) is 5.75 Å². The van der Waals surface area contributed by atoms with Crippen molar-refractivity contribution in [3.05, 3.63) is 29.3 Å². The first-order valence-corrected chi connectivity index (χ1v) is 8.00. The predicted molar refractivity (Wildman–Crippen MR) is 85.3 cm³/mol. The number of hydrogen-bond donors (Lipinski definition) is 1. The minimum atomic E-state index is 0.258. The zero-order valence-corrected chi connectivity index (χ0v) is 13.6. The first-order chi connectivity index (χ1) is 9.47. The third-order valence-electron chi connectivity index (χ3n) is 4.54. The van der Waals surface area contributed by atoms with Crippen LogP contribution in [-0.4, -0.2) is 12.6 Å². The Hall–Kier alpha value is -1.02. The molecule has 0 aromatic heterocycles. The van der Waals surface area contributed by atoms with Gasteiger partial charge in [-0.1, -0.05) is 39.8 Å². The number of fused-ring (bicyclic) bond motifs is 1. The van der Waals surface area contributed by atoms with E-state index in [-0.39, 0.29) is 5.41 Å². The lowest BCUT2D eigenvalue weighted by molar-refractivity contribution is 0.234. The smallest absolute Gasteiger partial charge is 0.123 e. The second-order valence-corrected chi connectivity index (χ2v) is 6.73. The van der Waals surface area contributed by atoms with E-state index in [1.54, 1.807) is 0 Å². The Kier molecular flexibility index (Phi) is 4.74. The monoisotopic (exact) mass is 275 g/mol. The molecule has 0 bridgehead atoms. The van der Waals surface area contributed by atoms with Gasteiger partial charge in [0, 0.05) is 12.5 Å². The molecule has 112 valence electrons. The van der Waals surface area contributed by atoms with Crippen LogP contribution in [-0.2, 0) is 6.42 Å². The first kappa shape index (κ1) is 15.4. The summed E-state index contributed by atoms with van der Waals surface area (Å²) >= 11 is 0. The van der Waals surface area contributed by atoms with E-state index in [0.29, 0.717) is 12.1 Å². The lowest BCUT2D eigenvalue weighted by atomic mass is 9.78. The van der Waals surface area contributed by atoms with Gasteiger partial charge < -0.3 is 10.1 Å².